The zero-order valence-electron chi connectivity index (χ0n) is 14.3. The molecular weight excluding hydrogens is 316 g/mol. The highest BCUT2D eigenvalue weighted by Gasteiger charge is 2.19. The summed E-state index contributed by atoms with van der Waals surface area (Å²) in [4.78, 5) is 26.1. The monoisotopic (exact) mass is 336 g/mol. The molecule has 0 unspecified atom stereocenters. The number of para-hydroxylation sites is 2. The molecule has 5 heteroatoms. The Hall–Kier alpha value is -3.08. The predicted molar refractivity (Wildman–Crippen MR) is 97.6 cm³/mol. The van der Waals surface area contributed by atoms with E-state index in [1.54, 1.807) is 19.2 Å². The lowest BCUT2D eigenvalue weighted by Gasteiger charge is -2.16. The summed E-state index contributed by atoms with van der Waals surface area (Å²) in [5, 5.41) is 3.72. The van der Waals surface area contributed by atoms with Gasteiger partial charge in [-0.25, -0.2) is 0 Å². The fourth-order valence-electron chi connectivity index (χ4n) is 2.70. The van der Waals surface area contributed by atoms with Gasteiger partial charge in [0, 0.05) is 18.1 Å². The average molecular weight is 336 g/mol. The molecule has 1 aromatic heterocycles. The van der Waals surface area contributed by atoms with Crippen LogP contribution in [-0.4, -0.2) is 30.3 Å². The Kier molecular flexibility index (Phi) is 4.84. The lowest BCUT2D eigenvalue weighted by molar-refractivity contribution is -0.116. The second-order valence-corrected chi connectivity index (χ2v) is 5.87. The number of rotatable bonds is 5. The number of nitrogens with one attached hydrogen (secondary N) is 1. The van der Waals surface area contributed by atoms with Gasteiger partial charge in [0.25, 0.3) is 5.91 Å². The summed E-state index contributed by atoms with van der Waals surface area (Å²) in [6.07, 6.45) is 0.824. The molecule has 3 rings (SSSR count). The third kappa shape index (κ3) is 3.71. The molecule has 0 aliphatic rings. The van der Waals surface area contributed by atoms with Crippen molar-refractivity contribution in [2.75, 3.05) is 18.9 Å². The number of carbonyl (C=O) groups is 2. The summed E-state index contributed by atoms with van der Waals surface area (Å²) in [5.41, 5.74) is 2.49. The Bertz CT molecular complexity index is 881. The minimum atomic E-state index is -0.324. The number of nitrogens with zero attached hydrogens (tertiary/aromatic N) is 1. The Morgan fingerprint density at radius 2 is 1.80 bits per heavy atom. The standard InChI is InChI=1S/C20H20N2O3/c1-3-14-8-4-6-10-16(14)21-19(23)13-22(2)20(24)18-12-15-9-5-7-11-17(15)25-18/h4-12H,3,13H2,1-2H3,(H,21,23). The molecule has 0 spiro atoms. The van der Waals surface area contributed by atoms with Crippen molar-refractivity contribution < 1.29 is 14.0 Å². The summed E-state index contributed by atoms with van der Waals surface area (Å²) < 4.78 is 5.56. The van der Waals surface area contributed by atoms with Crippen molar-refractivity contribution in [1.29, 1.82) is 0 Å². The molecule has 2 aromatic carbocycles. The SMILES string of the molecule is CCc1ccccc1NC(=O)CN(C)C(=O)c1cc2ccccc2o1. The smallest absolute Gasteiger partial charge is 0.289 e. The van der Waals surface area contributed by atoms with Gasteiger partial charge < -0.3 is 14.6 Å². The molecule has 0 saturated carbocycles. The number of furan rings is 1. The van der Waals surface area contributed by atoms with Gasteiger partial charge in [0.05, 0.1) is 6.54 Å². The minimum absolute atomic E-state index is 0.0477. The second-order valence-electron chi connectivity index (χ2n) is 5.87. The average Bonchev–Trinajstić information content (AvgIpc) is 3.05. The fourth-order valence-corrected chi connectivity index (χ4v) is 2.70. The van der Waals surface area contributed by atoms with Crippen LogP contribution in [0.1, 0.15) is 23.0 Å². The van der Waals surface area contributed by atoms with Gasteiger partial charge in [0.1, 0.15) is 5.58 Å². The zero-order valence-corrected chi connectivity index (χ0v) is 14.3. The Morgan fingerprint density at radius 1 is 1.08 bits per heavy atom. The van der Waals surface area contributed by atoms with E-state index in [1.807, 2.05) is 49.4 Å². The first-order chi connectivity index (χ1) is 12.1. The summed E-state index contributed by atoms with van der Waals surface area (Å²) in [7, 11) is 1.58. The highest BCUT2D eigenvalue weighted by Crippen LogP contribution is 2.20. The lowest BCUT2D eigenvalue weighted by atomic mass is 10.1. The molecule has 0 saturated heterocycles. The summed E-state index contributed by atoms with van der Waals surface area (Å²) in [6.45, 7) is 1.98. The van der Waals surface area contributed by atoms with Gasteiger partial charge in [0.15, 0.2) is 5.76 Å². The largest absolute Gasteiger partial charge is 0.451 e. The van der Waals surface area contributed by atoms with Crippen molar-refractivity contribution in [2.45, 2.75) is 13.3 Å². The summed E-state index contributed by atoms with van der Waals surface area (Å²) >= 11 is 0. The number of amides is 2. The zero-order chi connectivity index (χ0) is 17.8. The summed E-state index contributed by atoms with van der Waals surface area (Å²) in [5.74, 6) is -0.339. The van der Waals surface area contributed by atoms with Crippen molar-refractivity contribution >= 4 is 28.5 Å². The van der Waals surface area contributed by atoms with E-state index in [0.29, 0.717) is 5.58 Å². The first-order valence-corrected chi connectivity index (χ1v) is 8.20. The van der Waals surface area contributed by atoms with Crippen LogP contribution < -0.4 is 5.32 Å². The van der Waals surface area contributed by atoms with Gasteiger partial charge in [-0.1, -0.05) is 43.3 Å². The molecule has 3 aromatic rings. The highest BCUT2D eigenvalue weighted by atomic mass is 16.3. The van der Waals surface area contributed by atoms with Crippen LogP contribution in [0.15, 0.2) is 59.0 Å². The van der Waals surface area contributed by atoms with Gasteiger partial charge in [0.2, 0.25) is 5.91 Å². The van der Waals surface area contributed by atoms with E-state index in [9.17, 15) is 9.59 Å². The van der Waals surface area contributed by atoms with Crippen LogP contribution in [0.4, 0.5) is 5.69 Å². The predicted octanol–water partition coefficient (Wildman–Crippen LogP) is 3.71. The lowest BCUT2D eigenvalue weighted by Crippen LogP contribution is -2.34. The Balaban J connectivity index is 1.67. The minimum Gasteiger partial charge on any atom is -0.451 e. The normalized spacial score (nSPS) is 10.6. The van der Waals surface area contributed by atoms with E-state index >= 15 is 0 Å². The fraction of sp³-hybridized carbons (Fsp3) is 0.200. The van der Waals surface area contributed by atoms with Crippen molar-refractivity contribution in [3.63, 3.8) is 0 Å². The third-order valence-electron chi connectivity index (χ3n) is 4.04. The van der Waals surface area contributed by atoms with Gasteiger partial charge >= 0.3 is 0 Å². The van der Waals surface area contributed by atoms with E-state index < -0.39 is 0 Å². The Morgan fingerprint density at radius 3 is 2.56 bits per heavy atom. The van der Waals surface area contributed by atoms with Crippen molar-refractivity contribution in [3.8, 4) is 0 Å². The number of carbonyl (C=O) groups excluding carboxylic acids is 2. The molecule has 2 amide bonds. The highest BCUT2D eigenvalue weighted by molar-refractivity contribution is 6.00. The van der Waals surface area contributed by atoms with Crippen LogP contribution in [0.3, 0.4) is 0 Å². The van der Waals surface area contributed by atoms with Crippen LogP contribution in [-0.2, 0) is 11.2 Å². The van der Waals surface area contributed by atoms with E-state index in [4.69, 9.17) is 4.42 Å². The maximum atomic E-state index is 12.5. The van der Waals surface area contributed by atoms with E-state index in [1.165, 1.54) is 4.90 Å². The topological polar surface area (TPSA) is 62.6 Å². The number of hydrogen-bond donors (Lipinski definition) is 1. The van der Waals surface area contributed by atoms with Crippen LogP contribution in [0.5, 0.6) is 0 Å². The number of fused-ring (bicyclic) bond motifs is 1. The van der Waals surface area contributed by atoms with Crippen LogP contribution in [0.25, 0.3) is 11.0 Å². The van der Waals surface area contributed by atoms with Crippen LogP contribution in [0.2, 0.25) is 0 Å². The third-order valence-corrected chi connectivity index (χ3v) is 4.04. The second kappa shape index (κ2) is 7.21. The number of aryl methyl sites for hydroxylation is 1. The van der Waals surface area contributed by atoms with Crippen molar-refractivity contribution in [2.24, 2.45) is 0 Å². The molecule has 0 fully saturated rings. The first-order valence-electron chi connectivity index (χ1n) is 8.20. The molecule has 1 heterocycles. The van der Waals surface area contributed by atoms with Gasteiger partial charge in [-0.3, -0.25) is 9.59 Å². The number of hydrogen-bond acceptors (Lipinski definition) is 3. The van der Waals surface area contributed by atoms with Gasteiger partial charge in [-0.05, 0) is 30.2 Å². The van der Waals surface area contributed by atoms with Gasteiger partial charge in [-0.2, -0.15) is 0 Å². The molecule has 0 atom stereocenters. The number of anilines is 1. The summed E-state index contributed by atoms with van der Waals surface area (Å²) in [6, 6.07) is 16.8. The van der Waals surface area contributed by atoms with E-state index in [0.717, 1.165) is 23.1 Å². The van der Waals surface area contributed by atoms with Crippen molar-refractivity contribution in [1.82, 2.24) is 4.90 Å². The molecule has 5 nitrogen and oxygen atoms in total. The van der Waals surface area contributed by atoms with Crippen LogP contribution in [0, 0.1) is 0 Å². The molecule has 0 radical (unpaired) electrons. The Labute approximate surface area is 146 Å². The van der Waals surface area contributed by atoms with E-state index in [-0.39, 0.29) is 24.1 Å². The number of benzene rings is 2. The molecule has 0 bridgehead atoms. The first kappa shape index (κ1) is 16.8. The molecule has 0 aliphatic carbocycles. The quantitative estimate of drug-likeness (QED) is 0.772. The maximum Gasteiger partial charge on any atom is 0.289 e. The molecule has 1 N–H and O–H groups in total. The molecular formula is C20H20N2O3. The number of likely N-dealkylation sites (N-methyl/N-ethyl adjacent to an activating group) is 1. The molecule has 128 valence electrons. The maximum absolute atomic E-state index is 12.5. The molecule has 0 aliphatic heterocycles. The van der Waals surface area contributed by atoms with E-state index in [2.05, 4.69) is 5.32 Å². The molecule has 25 heavy (non-hydrogen) atoms. The van der Waals surface area contributed by atoms with Gasteiger partial charge in [-0.15, -0.1) is 0 Å². The van der Waals surface area contributed by atoms with Crippen LogP contribution >= 0.6 is 0 Å². The van der Waals surface area contributed by atoms with Crippen molar-refractivity contribution in [3.05, 3.63) is 65.9 Å².